The first-order chi connectivity index (χ1) is 20.6. The number of para-hydroxylation sites is 1. The Morgan fingerprint density at radius 2 is 1.49 bits per heavy atom. The van der Waals surface area contributed by atoms with Gasteiger partial charge in [-0.15, -0.1) is 0 Å². The molecule has 2 aliphatic heterocycles. The highest BCUT2D eigenvalue weighted by molar-refractivity contribution is 6.58. The number of nitrogens with zero attached hydrogens (tertiary/aromatic N) is 2. The molecule has 0 bridgehead atoms. The quantitative estimate of drug-likeness (QED) is 0.247. The molecule has 2 saturated heterocycles. The summed E-state index contributed by atoms with van der Waals surface area (Å²) in [4.78, 5) is 58.7. The number of carbonyl (C=O) groups excluding carboxylic acids is 4. The monoisotopic (exact) mass is 576 g/mol. The largest absolute Gasteiger partial charge is 0.508 e. The molecule has 43 heavy (non-hydrogen) atoms. The second-order valence-electron chi connectivity index (χ2n) is 12.1. The summed E-state index contributed by atoms with van der Waals surface area (Å²) in [6.45, 7) is 1.82. The van der Waals surface area contributed by atoms with E-state index in [-0.39, 0.29) is 41.0 Å². The molecule has 1 saturated carbocycles. The highest BCUT2D eigenvalue weighted by Gasteiger charge is 2.67. The van der Waals surface area contributed by atoms with E-state index in [0.717, 1.165) is 16.0 Å². The number of imide groups is 2. The van der Waals surface area contributed by atoms with Crippen molar-refractivity contribution in [1.29, 1.82) is 0 Å². The van der Waals surface area contributed by atoms with Gasteiger partial charge in [0.25, 0.3) is 0 Å². The number of benzene rings is 3. The van der Waals surface area contributed by atoms with Crippen molar-refractivity contribution in [3.8, 4) is 5.75 Å². The molecule has 0 spiro atoms. The maximum Gasteiger partial charge on any atom is 0.488 e. The minimum absolute atomic E-state index is 0.0673. The normalized spacial score (nSPS) is 29.7. The second kappa shape index (κ2) is 9.75. The molecule has 2 aliphatic carbocycles. The first-order valence-electron chi connectivity index (χ1n) is 14.4. The van der Waals surface area contributed by atoms with Crippen molar-refractivity contribution in [2.75, 3.05) is 9.80 Å². The summed E-state index contributed by atoms with van der Waals surface area (Å²) in [7, 11) is -1.76. The molecular formula is C33H29BN2O7. The lowest BCUT2D eigenvalue weighted by atomic mass is 9.51. The van der Waals surface area contributed by atoms with Crippen LogP contribution in [0.4, 0.5) is 11.4 Å². The smallest absolute Gasteiger partial charge is 0.488 e. The van der Waals surface area contributed by atoms with E-state index in [2.05, 4.69) is 0 Å². The Bertz CT molecular complexity index is 1710. The van der Waals surface area contributed by atoms with Crippen LogP contribution >= 0.6 is 0 Å². The highest BCUT2D eigenvalue weighted by atomic mass is 16.4. The molecule has 2 heterocycles. The zero-order valence-corrected chi connectivity index (χ0v) is 23.3. The van der Waals surface area contributed by atoms with Gasteiger partial charge in [-0.3, -0.25) is 24.1 Å². The molecule has 10 heteroatoms. The summed E-state index contributed by atoms with van der Waals surface area (Å²) in [5, 5.41) is 29.4. The molecule has 4 aliphatic rings. The fourth-order valence-electron chi connectivity index (χ4n) is 7.96. The summed E-state index contributed by atoms with van der Waals surface area (Å²) in [5.41, 5.74) is 1.34. The van der Waals surface area contributed by atoms with Crippen LogP contribution in [0.2, 0.25) is 0 Å². The molecule has 3 fully saturated rings. The van der Waals surface area contributed by atoms with Gasteiger partial charge in [-0.1, -0.05) is 54.1 Å². The average Bonchev–Trinajstić information content (AvgIpc) is 3.37. The van der Waals surface area contributed by atoms with Crippen LogP contribution in [0.5, 0.6) is 5.75 Å². The van der Waals surface area contributed by atoms with Gasteiger partial charge < -0.3 is 15.2 Å². The Morgan fingerprint density at radius 3 is 2.19 bits per heavy atom. The van der Waals surface area contributed by atoms with E-state index in [4.69, 9.17) is 0 Å². The number of fused-ring (bicyclic) bond motifs is 4. The summed E-state index contributed by atoms with van der Waals surface area (Å²) in [6, 6.07) is 21.5. The summed E-state index contributed by atoms with van der Waals surface area (Å²) in [5.74, 6) is -4.53. The number of amides is 4. The lowest BCUT2D eigenvalue weighted by Gasteiger charge is -2.49. The second-order valence-corrected chi connectivity index (χ2v) is 12.1. The van der Waals surface area contributed by atoms with Crippen LogP contribution in [0.1, 0.15) is 31.2 Å². The van der Waals surface area contributed by atoms with Gasteiger partial charge >= 0.3 is 7.12 Å². The fourth-order valence-corrected chi connectivity index (χ4v) is 7.96. The van der Waals surface area contributed by atoms with E-state index >= 15 is 0 Å². The van der Waals surface area contributed by atoms with E-state index in [1.807, 2.05) is 19.1 Å². The van der Waals surface area contributed by atoms with E-state index in [1.165, 1.54) is 17.0 Å². The number of carbonyl (C=O) groups is 4. The third kappa shape index (κ3) is 3.86. The van der Waals surface area contributed by atoms with Crippen molar-refractivity contribution in [2.45, 2.75) is 25.7 Å². The molecule has 3 aromatic carbocycles. The van der Waals surface area contributed by atoms with Gasteiger partial charge in [0.2, 0.25) is 23.6 Å². The van der Waals surface area contributed by atoms with E-state index in [0.29, 0.717) is 12.1 Å². The Labute approximate surface area is 248 Å². The minimum atomic E-state index is -1.76. The maximum atomic E-state index is 14.3. The molecule has 6 atom stereocenters. The number of phenols is 1. The number of anilines is 2. The SMILES string of the molecule is C[C@@]12C(=O)N(c3ccccc3)C(=O)[C@@H]1C[C@@H]1C(=CC[C@@H]3C(=O)N(c4cccc(B(O)O)c4)C(=O)[C@@H]31)[C@@H]2c1ccc(O)cc1. The third-order valence-corrected chi connectivity index (χ3v) is 9.94. The van der Waals surface area contributed by atoms with E-state index < -0.39 is 48.0 Å². The Balaban J connectivity index is 1.34. The number of aromatic hydroxyl groups is 1. The molecular weight excluding hydrogens is 547 g/mol. The maximum absolute atomic E-state index is 14.3. The van der Waals surface area contributed by atoms with Crippen molar-refractivity contribution in [3.63, 3.8) is 0 Å². The Hall–Kier alpha value is -4.54. The number of rotatable bonds is 4. The molecule has 0 radical (unpaired) electrons. The summed E-state index contributed by atoms with van der Waals surface area (Å²) in [6.07, 6.45) is 2.49. The zero-order chi connectivity index (χ0) is 30.2. The van der Waals surface area contributed by atoms with Crippen molar-refractivity contribution in [1.82, 2.24) is 0 Å². The molecule has 216 valence electrons. The molecule has 0 aromatic heterocycles. The molecule has 3 aromatic rings. The predicted octanol–water partition coefficient (Wildman–Crippen LogP) is 2.51. The lowest BCUT2D eigenvalue weighted by molar-refractivity contribution is -0.131. The fraction of sp³-hybridized carbons (Fsp3) is 0.273. The standard InChI is InChI=1S/C33H29BN2O7/c1-33-26(30(39)36(32(33)41)20-7-3-2-4-8-20)17-25-23(28(33)18-10-12-22(37)13-11-18)14-15-24-27(25)31(40)35(29(24)38)21-9-5-6-19(16-21)34(42)43/h2-14,16,24-28,37,42-43H,15,17H2,1H3/t24-,25+,26-,27-,28-,33+/m0/s1. The van der Waals surface area contributed by atoms with E-state index in [1.54, 1.807) is 60.7 Å². The molecule has 3 N–H and O–H groups in total. The van der Waals surface area contributed by atoms with Crippen molar-refractivity contribution in [2.24, 2.45) is 29.1 Å². The Kier molecular flexibility index (Phi) is 6.19. The van der Waals surface area contributed by atoms with Gasteiger partial charge in [0, 0.05) is 5.92 Å². The number of hydrogen-bond donors (Lipinski definition) is 3. The molecule has 9 nitrogen and oxygen atoms in total. The van der Waals surface area contributed by atoms with Crippen molar-refractivity contribution >= 4 is 47.6 Å². The van der Waals surface area contributed by atoms with Crippen LogP contribution in [-0.4, -0.2) is 45.9 Å². The van der Waals surface area contributed by atoms with Gasteiger partial charge in [-0.05, 0) is 73.1 Å². The van der Waals surface area contributed by atoms with Crippen LogP contribution in [0.3, 0.4) is 0 Å². The predicted molar refractivity (Wildman–Crippen MR) is 158 cm³/mol. The third-order valence-electron chi connectivity index (χ3n) is 9.94. The Morgan fingerprint density at radius 1 is 0.791 bits per heavy atom. The van der Waals surface area contributed by atoms with Gasteiger partial charge in [0.15, 0.2) is 0 Å². The van der Waals surface area contributed by atoms with Gasteiger partial charge in [0.1, 0.15) is 5.75 Å². The topological polar surface area (TPSA) is 135 Å². The van der Waals surface area contributed by atoms with Crippen molar-refractivity contribution < 1.29 is 34.3 Å². The summed E-state index contributed by atoms with van der Waals surface area (Å²) >= 11 is 0. The minimum Gasteiger partial charge on any atom is -0.508 e. The van der Waals surface area contributed by atoms with Crippen LogP contribution < -0.4 is 15.3 Å². The first-order valence-corrected chi connectivity index (χ1v) is 14.4. The number of allylic oxidation sites excluding steroid dienone is 2. The average molecular weight is 576 g/mol. The molecule has 7 rings (SSSR count). The van der Waals surface area contributed by atoms with Gasteiger partial charge in [-0.25, -0.2) is 4.90 Å². The lowest BCUT2D eigenvalue weighted by Crippen LogP contribution is -2.48. The van der Waals surface area contributed by atoms with Gasteiger partial charge in [0.05, 0.1) is 34.5 Å². The number of hydrogen-bond acceptors (Lipinski definition) is 7. The first kappa shape index (κ1) is 27.3. The van der Waals surface area contributed by atoms with Crippen molar-refractivity contribution in [3.05, 3.63) is 96.1 Å². The molecule has 0 unspecified atom stereocenters. The molecule has 4 amide bonds. The zero-order valence-electron chi connectivity index (χ0n) is 23.3. The van der Waals surface area contributed by atoms with Crippen LogP contribution in [0.25, 0.3) is 0 Å². The summed E-state index contributed by atoms with van der Waals surface area (Å²) < 4.78 is 0. The van der Waals surface area contributed by atoms with Crippen LogP contribution in [-0.2, 0) is 19.2 Å². The highest BCUT2D eigenvalue weighted by Crippen LogP contribution is 2.63. The van der Waals surface area contributed by atoms with Crippen LogP contribution in [0.15, 0.2) is 90.5 Å². The van der Waals surface area contributed by atoms with Gasteiger partial charge in [-0.2, -0.15) is 0 Å². The van der Waals surface area contributed by atoms with E-state index in [9.17, 15) is 34.3 Å². The number of phenolic OH excluding ortho intramolecular Hbond substituents is 1. The van der Waals surface area contributed by atoms with Crippen LogP contribution in [0, 0.1) is 29.1 Å².